The number of rotatable bonds is 5. The summed E-state index contributed by atoms with van der Waals surface area (Å²) in [5.74, 6) is 0.648. The second kappa shape index (κ2) is 6.20. The fourth-order valence-electron chi connectivity index (χ4n) is 2.83. The molecule has 1 heteroatoms. The van der Waals surface area contributed by atoms with Gasteiger partial charge in [-0.3, -0.25) is 0 Å². The predicted octanol–water partition coefficient (Wildman–Crippen LogP) is 3.92. The Bertz CT molecular complexity index is 341. The summed E-state index contributed by atoms with van der Waals surface area (Å²) >= 11 is 0. The molecule has 1 nitrogen and oxygen atoms in total. The van der Waals surface area contributed by atoms with Gasteiger partial charge >= 0.3 is 0 Å². The van der Waals surface area contributed by atoms with E-state index >= 15 is 0 Å². The lowest BCUT2D eigenvalue weighted by molar-refractivity contribution is 0.393. The molecule has 96 valence electrons. The molecule has 0 aliphatic rings. The van der Waals surface area contributed by atoms with Gasteiger partial charge in [0.05, 0.1) is 0 Å². The van der Waals surface area contributed by atoms with Gasteiger partial charge in [-0.15, -0.1) is 0 Å². The van der Waals surface area contributed by atoms with E-state index in [0.717, 1.165) is 6.42 Å². The van der Waals surface area contributed by atoms with Gasteiger partial charge in [-0.25, -0.2) is 0 Å². The standard InChI is InChI=1S/C16H27N/c1-6-14(7-2)16(17)10-15-12(4)8-11(3)9-13(15)5/h8-9,14,16H,6-7,10,17H2,1-5H3. The minimum absolute atomic E-state index is 0.296. The van der Waals surface area contributed by atoms with E-state index < -0.39 is 0 Å². The zero-order chi connectivity index (χ0) is 13.0. The van der Waals surface area contributed by atoms with Gasteiger partial charge < -0.3 is 5.73 Å². The Hall–Kier alpha value is -0.820. The van der Waals surface area contributed by atoms with E-state index in [9.17, 15) is 0 Å². The number of hydrogen-bond acceptors (Lipinski definition) is 1. The molecule has 1 aromatic carbocycles. The van der Waals surface area contributed by atoms with E-state index in [1.54, 1.807) is 0 Å². The van der Waals surface area contributed by atoms with Gasteiger partial charge in [-0.1, -0.05) is 44.4 Å². The Morgan fingerprint density at radius 2 is 1.47 bits per heavy atom. The van der Waals surface area contributed by atoms with E-state index in [1.807, 2.05) is 0 Å². The number of benzene rings is 1. The molecule has 1 aromatic rings. The monoisotopic (exact) mass is 233 g/mol. The van der Waals surface area contributed by atoms with Crippen molar-refractivity contribution in [1.82, 2.24) is 0 Å². The summed E-state index contributed by atoms with van der Waals surface area (Å²) in [4.78, 5) is 0. The van der Waals surface area contributed by atoms with Crippen LogP contribution in [0.1, 0.15) is 48.9 Å². The molecule has 0 bridgehead atoms. The maximum absolute atomic E-state index is 6.35. The van der Waals surface area contributed by atoms with Crippen molar-refractivity contribution in [3.8, 4) is 0 Å². The molecular weight excluding hydrogens is 206 g/mol. The molecule has 0 radical (unpaired) electrons. The molecule has 1 unspecified atom stereocenters. The van der Waals surface area contributed by atoms with Crippen molar-refractivity contribution in [2.45, 2.75) is 59.9 Å². The first-order valence-corrected chi connectivity index (χ1v) is 6.81. The Labute approximate surface area is 106 Å². The van der Waals surface area contributed by atoms with Crippen LogP contribution in [0.2, 0.25) is 0 Å². The smallest absolute Gasteiger partial charge is 0.0108 e. The van der Waals surface area contributed by atoms with E-state index in [0.29, 0.717) is 12.0 Å². The van der Waals surface area contributed by atoms with E-state index in [2.05, 4.69) is 46.8 Å². The average molecular weight is 233 g/mol. The fourth-order valence-corrected chi connectivity index (χ4v) is 2.83. The van der Waals surface area contributed by atoms with Gasteiger partial charge in [0.15, 0.2) is 0 Å². The highest BCUT2D eigenvalue weighted by Crippen LogP contribution is 2.21. The molecule has 1 atom stereocenters. The van der Waals surface area contributed by atoms with Crippen LogP contribution in [-0.4, -0.2) is 6.04 Å². The lowest BCUT2D eigenvalue weighted by atomic mass is 9.87. The Kier molecular flexibility index (Phi) is 5.20. The zero-order valence-corrected chi connectivity index (χ0v) is 12.0. The van der Waals surface area contributed by atoms with Crippen molar-refractivity contribution in [1.29, 1.82) is 0 Å². The summed E-state index contributed by atoms with van der Waals surface area (Å²) in [6.07, 6.45) is 3.38. The number of nitrogens with two attached hydrogens (primary N) is 1. The van der Waals surface area contributed by atoms with Crippen LogP contribution in [0.5, 0.6) is 0 Å². The van der Waals surface area contributed by atoms with Gasteiger partial charge in [0.1, 0.15) is 0 Å². The molecule has 0 aliphatic carbocycles. The van der Waals surface area contributed by atoms with Gasteiger partial charge in [0.2, 0.25) is 0 Å². The van der Waals surface area contributed by atoms with Crippen molar-refractivity contribution in [2.24, 2.45) is 11.7 Å². The molecule has 0 heterocycles. The third-order valence-corrected chi connectivity index (χ3v) is 3.93. The molecule has 0 fully saturated rings. The minimum Gasteiger partial charge on any atom is -0.327 e. The van der Waals surface area contributed by atoms with Crippen molar-refractivity contribution >= 4 is 0 Å². The van der Waals surface area contributed by atoms with E-state index in [4.69, 9.17) is 5.73 Å². The van der Waals surface area contributed by atoms with Crippen LogP contribution in [0, 0.1) is 26.7 Å². The van der Waals surface area contributed by atoms with Gasteiger partial charge in [-0.2, -0.15) is 0 Å². The van der Waals surface area contributed by atoms with Crippen LogP contribution in [0.3, 0.4) is 0 Å². The van der Waals surface area contributed by atoms with Crippen molar-refractivity contribution in [3.63, 3.8) is 0 Å². The fraction of sp³-hybridized carbons (Fsp3) is 0.625. The Balaban J connectivity index is 2.88. The van der Waals surface area contributed by atoms with Crippen LogP contribution in [0.15, 0.2) is 12.1 Å². The van der Waals surface area contributed by atoms with Crippen LogP contribution < -0.4 is 5.73 Å². The average Bonchev–Trinajstić information content (AvgIpc) is 2.25. The summed E-state index contributed by atoms with van der Waals surface area (Å²) in [6, 6.07) is 4.83. The molecule has 2 N–H and O–H groups in total. The topological polar surface area (TPSA) is 26.0 Å². The van der Waals surface area contributed by atoms with Gasteiger partial charge in [-0.05, 0) is 49.8 Å². The number of aryl methyl sites for hydroxylation is 3. The highest BCUT2D eigenvalue weighted by atomic mass is 14.6. The van der Waals surface area contributed by atoms with Gasteiger partial charge in [0.25, 0.3) is 0 Å². The molecule has 0 saturated carbocycles. The largest absolute Gasteiger partial charge is 0.327 e. The van der Waals surface area contributed by atoms with E-state index in [-0.39, 0.29) is 0 Å². The second-order valence-electron chi connectivity index (χ2n) is 5.32. The molecule has 0 spiro atoms. The third-order valence-electron chi connectivity index (χ3n) is 3.93. The third kappa shape index (κ3) is 3.57. The highest BCUT2D eigenvalue weighted by Gasteiger charge is 2.16. The molecule has 17 heavy (non-hydrogen) atoms. The zero-order valence-electron chi connectivity index (χ0n) is 12.0. The first-order valence-electron chi connectivity index (χ1n) is 6.81. The maximum atomic E-state index is 6.35. The molecule has 1 rings (SSSR count). The quantitative estimate of drug-likeness (QED) is 0.819. The summed E-state index contributed by atoms with van der Waals surface area (Å²) in [6.45, 7) is 11.0. The summed E-state index contributed by atoms with van der Waals surface area (Å²) in [7, 11) is 0. The number of hydrogen-bond donors (Lipinski definition) is 1. The first kappa shape index (κ1) is 14.2. The highest BCUT2D eigenvalue weighted by molar-refractivity contribution is 5.38. The van der Waals surface area contributed by atoms with Crippen molar-refractivity contribution in [2.75, 3.05) is 0 Å². The lowest BCUT2D eigenvalue weighted by Gasteiger charge is -2.23. The van der Waals surface area contributed by atoms with Crippen LogP contribution in [-0.2, 0) is 6.42 Å². The first-order chi connectivity index (χ1) is 7.99. The summed E-state index contributed by atoms with van der Waals surface area (Å²) in [5, 5.41) is 0. The minimum atomic E-state index is 0.296. The molecule has 0 aromatic heterocycles. The lowest BCUT2D eigenvalue weighted by Crippen LogP contribution is -2.32. The van der Waals surface area contributed by atoms with Crippen molar-refractivity contribution < 1.29 is 0 Å². The van der Waals surface area contributed by atoms with Crippen LogP contribution in [0.25, 0.3) is 0 Å². The molecule has 0 saturated heterocycles. The summed E-state index contributed by atoms with van der Waals surface area (Å²) < 4.78 is 0. The SMILES string of the molecule is CCC(CC)C(N)Cc1c(C)cc(C)cc1C. The van der Waals surface area contributed by atoms with E-state index in [1.165, 1.54) is 35.1 Å². The predicted molar refractivity (Wildman–Crippen MR) is 76.4 cm³/mol. The van der Waals surface area contributed by atoms with Gasteiger partial charge in [0, 0.05) is 6.04 Å². The van der Waals surface area contributed by atoms with Crippen molar-refractivity contribution in [3.05, 3.63) is 34.4 Å². The molecule has 0 amide bonds. The molecule has 0 aliphatic heterocycles. The second-order valence-corrected chi connectivity index (χ2v) is 5.32. The Morgan fingerprint density at radius 3 is 1.88 bits per heavy atom. The maximum Gasteiger partial charge on any atom is 0.0108 e. The van der Waals surface area contributed by atoms with Crippen LogP contribution >= 0.6 is 0 Å². The normalized spacial score (nSPS) is 13.1. The van der Waals surface area contributed by atoms with Crippen LogP contribution in [0.4, 0.5) is 0 Å². The molecular formula is C16H27N. The Morgan fingerprint density at radius 1 is 1.00 bits per heavy atom. The summed E-state index contributed by atoms with van der Waals surface area (Å²) in [5.41, 5.74) is 11.9.